The van der Waals surface area contributed by atoms with Crippen molar-refractivity contribution >= 4 is 22.5 Å². The lowest BCUT2D eigenvalue weighted by Crippen LogP contribution is -2.15. The number of hydrogen-bond acceptors (Lipinski definition) is 4. The third-order valence-electron chi connectivity index (χ3n) is 7.09. The summed E-state index contributed by atoms with van der Waals surface area (Å²) in [5, 5.41) is 14.8. The monoisotopic (exact) mass is 380 g/mol. The van der Waals surface area contributed by atoms with Gasteiger partial charge in [0.25, 0.3) is 0 Å². The molecule has 1 aromatic carbocycles. The number of rotatable bonds is 4. The Morgan fingerprint density at radius 2 is 2.03 bits per heavy atom. The van der Waals surface area contributed by atoms with E-state index >= 15 is 0 Å². The van der Waals surface area contributed by atoms with Crippen LogP contribution in [-0.4, -0.2) is 15.9 Å². The molecule has 3 saturated carbocycles. The zero-order valence-corrected chi connectivity index (χ0v) is 15.9. The van der Waals surface area contributed by atoms with E-state index in [0.29, 0.717) is 5.82 Å². The maximum atomic E-state index is 12.6. The molecule has 3 unspecified atom stereocenters. The SMILES string of the molecule is N#CC1(c2ccc3cnc(NC(=O)C4CC4c4ccccn4)cc3c2)CC12CC2. The molecule has 0 radical (unpaired) electrons. The number of hydrogen-bond donors (Lipinski definition) is 1. The maximum absolute atomic E-state index is 12.6. The zero-order chi connectivity index (χ0) is 19.6. The number of nitrogens with zero attached hydrogens (tertiary/aromatic N) is 3. The number of benzene rings is 1. The van der Waals surface area contributed by atoms with Crippen molar-refractivity contribution in [1.82, 2.24) is 9.97 Å². The molecule has 0 aliphatic heterocycles. The van der Waals surface area contributed by atoms with Crippen LogP contribution in [0, 0.1) is 22.7 Å². The van der Waals surface area contributed by atoms with Crippen molar-refractivity contribution in [2.24, 2.45) is 11.3 Å². The first-order valence-electron chi connectivity index (χ1n) is 10.2. The lowest BCUT2D eigenvalue weighted by Gasteiger charge is -2.11. The van der Waals surface area contributed by atoms with Gasteiger partial charge >= 0.3 is 0 Å². The molecule has 1 amide bonds. The second-order valence-electron chi connectivity index (χ2n) is 8.80. The van der Waals surface area contributed by atoms with Crippen LogP contribution in [0.1, 0.15) is 42.9 Å². The van der Waals surface area contributed by atoms with Gasteiger partial charge in [-0.3, -0.25) is 9.78 Å². The van der Waals surface area contributed by atoms with Gasteiger partial charge in [0.15, 0.2) is 0 Å². The lowest BCUT2D eigenvalue weighted by molar-refractivity contribution is -0.117. The molecule has 3 aromatic rings. The van der Waals surface area contributed by atoms with Crippen LogP contribution in [0.2, 0.25) is 0 Å². The van der Waals surface area contributed by atoms with Gasteiger partial charge in [-0.05, 0) is 66.3 Å². The fraction of sp³-hybridized carbons (Fsp3) is 0.333. The molecule has 29 heavy (non-hydrogen) atoms. The van der Waals surface area contributed by atoms with Gasteiger partial charge in [-0.15, -0.1) is 0 Å². The molecule has 3 atom stereocenters. The first-order valence-corrected chi connectivity index (χ1v) is 10.2. The van der Waals surface area contributed by atoms with E-state index in [-0.39, 0.29) is 28.6 Å². The van der Waals surface area contributed by atoms with Crippen LogP contribution in [0.25, 0.3) is 10.8 Å². The molecule has 1 N–H and O–H groups in total. The van der Waals surface area contributed by atoms with Gasteiger partial charge in [0.05, 0.1) is 11.5 Å². The molecule has 3 aliphatic carbocycles. The zero-order valence-electron chi connectivity index (χ0n) is 15.9. The Morgan fingerprint density at radius 1 is 1.14 bits per heavy atom. The van der Waals surface area contributed by atoms with Crippen molar-refractivity contribution in [3.8, 4) is 6.07 Å². The summed E-state index contributed by atoms with van der Waals surface area (Å²) in [5.74, 6) is 0.714. The second kappa shape index (κ2) is 5.64. The Bertz CT molecular complexity index is 1190. The molecule has 142 valence electrons. The summed E-state index contributed by atoms with van der Waals surface area (Å²) in [7, 11) is 0. The van der Waals surface area contributed by atoms with E-state index in [2.05, 4.69) is 33.5 Å². The van der Waals surface area contributed by atoms with Crippen LogP contribution in [0.3, 0.4) is 0 Å². The Kier molecular flexibility index (Phi) is 3.24. The fourth-order valence-corrected chi connectivity index (χ4v) is 4.95. The molecule has 0 saturated heterocycles. The topological polar surface area (TPSA) is 78.7 Å². The van der Waals surface area contributed by atoms with Crippen molar-refractivity contribution in [2.45, 2.75) is 37.0 Å². The largest absolute Gasteiger partial charge is 0.310 e. The number of carbonyl (C=O) groups is 1. The fourth-order valence-electron chi connectivity index (χ4n) is 4.95. The van der Waals surface area contributed by atoms with E-state index < -0.39 is 0 Å². The van der Waals surface area contributed by atoms with Crippen LogP contribution in [0.15, 0.2) is 54.9 Å². The Balaban J connectivity index is 1.23. The molecule has 5 nitrogen and oxygen atoms in total. The van der Waals surface area contributed by atoms with E-state index in [9.17, 15) is 10.1 Å². The summed E-state index contributed by atoms with van der Waals surface area (Å²) in [6.45, 7) is 0. The molecular weight excluding hydrogens is 360 g/mol. The molecule has 1 spiro atoms. The van der Waals surface area contributed by atoms with Crippen LogP contribution >= 0.6 is 0 Å². The van der Waals surface area contributed by atoms with Gasteiger partial charge in [-0.2, -0.15) is 5.26 Å². The van der Waals surface area contributed by atoms with Crippen LogP contribution < -0.4 is 5.32 Å². The second-order valence-corrected chi connectivity index (χ2v) is 8.80. The molecule has 2 heterocycles. The third kappa shape index (κ3) is 2.49. The first-order chi connectivity index (χ1) is 14.1. The van der Waals surface area contributed by atoms with Crippen molar-refractivity contribution in [3.63, 3.8) is 0 Å². The number of nitriles is 1. The quantitative estimate of drug-likeness (QED) is 0.731. The van der Waals surface area contributed by atoms with E-state index in [1.54, 1.807) is 12.4 Å². The number of amides is 1. The number of anilines is 1. The van der Waals surface area contributed by atoms with Gasteiger partial charge in [-0.1, -0.05) is 18.2 Å². The molecule has 3 aliphatic rings. The summed E-state index contributed by atoms with van der Waals surface area (Å²) < 4.78 is 0. The normalized spacial score (nSPS) is 28.0. The van der Waals surface area contributed by atoms with Crippen LogP contribution in [0.4, 0.5) is 5.82 Å². The summed E-state index contributed by atoms with van der Waals surface area (Å²) in [5.41, 5.74) is 2.01. The minimum absolute atomic E-state index is 0.00345. The van der Waals surface area contributed by atoms with Gasteiger partial charge in [-0.25, -0.2) is 4.98 Å². The number of pyridine rings is 2. The standard InChI is InChI=1S/C24H20N4O/c25-14-24(13-23(24)6-7-23)17-5-4-15-12-27-21(10-16(15)9-17)28-22(29)19-11-18(19)20-3-1-2-8-26-20/h1-5,8-10,12,18-19H,6-7,11,13H2,(H,27,28,29). The summed E-state index contributed by atoms with van der Waals surface area (Å²) in [6.07, 6.45) is 7.69. The highest BCUT2D eigenvalue weighted by molar-refractivity contribution is 5.96. The molecule has 2 aromatic heterocycles. The average Bonchev–Trinajstić information content (AvgIpc) is 3.66. The van der Waals surface area contributed by atoms with Crippen LogP contribution in [-0.2, 0) is 10.2 Å². The number of aromatic nitrogens is 2. The summed E-state index contributed by atoms with van der Waals surface area (Å²) >= 11 is 0. The predicted molar refractivity (Wildman–Crippen MR) is 109 cm³/mol. The predicted octanol–water partition coefficient (Wildman–Crippen LogP) is 4.32. The number of fused-ring (bicyclic) bond motifs is 1. The van der Waals surface area contributed by atoms with E-state index in [1.165, 1.54) is 0 Å². The smallest absolute Gasteiger partial charge is 0.229 e. The minimum atomic E-state index is -0.308. The average molecular weight is 380 g/mol. The first kappa shape index (κ1) is 16.7. The van der Waals surface area contributed by atoms with Crippen LogP contribution in [0.5, 0.6) is 0 Å². The Labute approximate surface area is 168 Å². The van der Waals surface area contributed by atoms with E-state index in [1.807, 2.05) is 30.3 Å². The Hall–Kier alpha value is -3.26. The van der Waals surface area contributed by atoms with Crippen molar-refractivity contribution < 1.29 is 4.79 Å². The highest BCUT2D eigenvalue weighted by Gasteiger charge is 2.75. The van der Waals surface area contributed by atoms with Crippen molar-refractivity contribution in [2.75, 3.05) is 5.32 Å². The molecule has 6 rings (SSSR count). The molecule has 5 heteroatoms. The van der Waals surface area contributed by atoms with Gasteiger partial charge in [0.2, 0.25) is 5.91 Å². The highest BCUT2D eigenvalue weighted by Crippen LogP contribution is 2.78. The summed E-state index contributed by atoms with van der Waals surface area (Å²) in [6, 6.07) is 16.5. The third-order valence-corrected chi connectivity index (χ3v) is 7.09. The number of nitrogens with one attached hydrogen (secondary N) is 1. The van der Waals surface area contributed by atoms with E-state index in [4.69, 9.17) is 0 Å². The molecule has 0 bridgehead atoms. The molecular formula is C24H20N4O. The van der Waals surface area contributed by atoms with Crippen molar-refractivity contribution in [3.05, 3.63) is 66.1 Å². The minimum Gasteiger partial charge on any atom is -0.310 e. The molecule has 3 fully saturated rings. The number of carbonyl (C=O) groups excluding carboxylic acids is 1. The van der Waals surface area contributed by atoms with Gasteiger partial charge in [0, 0.05) is 35.3 Å². The lowest BCUT2D eigenvalue weighted by atomic mass is 9.92. The maximum Gasteiger partial charge on any atom is 0.229 e. The van der Waals surface area contributed by atoms with Crippen molar-refractivity contribution in [1.29, 1.82) is 5.26 Å². The highest BCUT2D eigenvalue weighted by atomic mass is 16.2. The summed E-state index contributed by atoms with van der Waals surface area (Å²) in [4.78, 5) is 21.4. The Morgan fingerprint density at radius 3 is 2.76 bits per heavy atom. The van der Waals surface area contributed by atoms with Gasteiger partial charge < -0.3 is 5.32 Å². The van der Waals surface area contributed by atoms with Gasteiger partial charge in [0.1, 0.15) is 5.82 Å². The van der Waals surface area contributed by atoms with E-state index in [0.717, 1.165) is 47.7 Å².